The fourth-order valence-electron chi connectivity index (χ4n) is 0.983. The molecule has 0 spiro atoms. The molecule has 0 amide bonds. The lowest BCUT2D eigenvalue weighted by atomic mass is 10.1. The summed E-state index contributed by atoms with van der Waals surface area (Å²) in [7, 11) is 0. The largest absolute Gasteiger partial charge is 0.481 e. The van der Waals surface area contributed by atoms with Crippen LogP contribution in [0.2, 0.25) is 5.02 Å². The van der Waals surface area contributed by atoms with Crippen LogP contribution in [0.5, 0.6) is 0 Å². The van der Waals surface area contributed by atoms with Crippen molar-refractivity contribution in [3.63, 3.8) is 0 Å². The van der Waals surface area contributed by atoms with Gasteiger partial charge in [0.2, 0.25) is 0 Å². The molecule has 0 aliphatic rings. The van der Waals surface area contributed by atoms with Gasteiger partial charge in [0, 0.05) is 6.42 Å². The van der Waals surface area contributed by atoms with Crippen LogP contribution in [0.1, 0.15) is 12.0 Å². The van der Waals surface area contributed by atoms with E-state index in [0.29, 0.717) is 5.56 Å². The lowest BCUT2D eigenvalue weighted by Gasteiger charge is -2.02. The Labute approximate surface area is 80.0 Å². The Morgan fingerprint density at radius 1 is 1.54 bits per heavy atom. The van der Waals surface area contributed by atoms with Crippen molar-refractivity contribution in [3.05, 3.63) is 34.6 Å². The van der Waals surface area contributed by atoms with Crippen molar-refractivity contribution in [2.24, 2.45) is 0 Å². The van der Waals surface area contributed by atoms with Crippen molar-refractivity contribution < 1.29 is 14.3 Å². The summed E-state index contributed by atoms with van der Waals surface area (Å²) in [6.07, 6.45) is 0.217. The topological polar surface area (TPSA) is 37.3 Å². The first-order valence-corrected chi connectivity index (χ1v) is 4.13. The van der Waals surface area contributed by atoms with Gasteiger partial charge >= 0.3 is 5.97 Å². The van der Waals surface area contributed by atoms with Crippen molar-refractivity contribution >= 4 is 17.6 Å². The molecule has 2 nitrogen and oxygen atoms in total. The molecule has 0 unspecified atom stereocenters. The third-order valence-corrected chi connectivity index (χ3v) is 2.06. The maximum atomic E-state index is 12.8. The van der Waals surface area contributed by atoms with Gasteiger partial charge in [-0.15, -0.1) is 0 Å². The fourth-order valence-corrected chi connectivity index (χ4v) is 1.20. The second-order valence-corrected chi connectivity index (χ2v) is 2.98. The number of carboxylic acid groups (broad SMARTS) is 1. The van der Waals surface area contributed by atoms with Crippen LogP contribution in [-0.2, 0) is 11.2 Å². The van der Waals surface area contributed by atoms with Crippen LogP contribution in [0.15, 0.2) is 18.2 Å². The number of aryl methyl sites for hydroxylation is 1. The van der Waals surface area contributed by atoms with Crippen molar-refractivity contribution in [2.75, 3.05) is 0 Å². The number of hydrogen-bond acceptors (Lipinski definition) is 1. The predicted molar refractivity (Wildman–Crippen MR) is 47.4 cm³/mol. The van der Waals surface area contributed by atoms with Crippen molar-refractivity contribution in [1.29, 1.82) is 0 Å². The van der Waals surface area contributed by atoms with Gasteiger partial charge in [0.15, 0.2) is 0 Å². The monoisotopic (exact) mass is 202 g/mol. The third kappa shape index (κ3) is 2.70. The highest BCUT2D eigenvalue weighted by atomic mass is 35.5. The summed E-state index contributed by atoms with van der Waals surface area (Å²) < 4.78 is 12.8. The molecule has 1 rings (SSSR count). The van der Waals surface area contributed by atoms with Crippen LogP contribution in [0.3, 0.4) is 0 Å². The molecule has 0 aromatic heterocycles. The number of benzene rings is 1. The number of hydrogen-bond donors (Lipinski definition) is 1. The molecule has 0 saturated heterocycles. The molecule has 0 heterocycles. The molecule has 4 heteroatoms. The summed E-state index contributed by atoms with van der Waals surface area (Å²) in [5, 5.41) is 8.42. The van der Waals surface area contributed by atoms with E-state index in [9.17, 15) is 9.18 Å². The Balaban J connectivity index is 2.77. The molecule has 0 fully saturated rings. The quantitative estimate of drug-likeness (QED) is 0.818. The summed E-state index contributed by atoms with van der Waals surface area (Å²) in [6.45, 7) is 0. The van der Waals surface area contributed by atoms with Gasteiger partial charge in [0.1, 0.15) is 5.82 Å². The van der Waals surface area contributed by atoms with E-state index < -0.39 is 11.8 Å². The minimum Gasteiger partial charge on any atom is -0.481 e. The minimum absolute atomic E-state index is 0.0174. The number of carboxylic acids is 1. The zero-order valence-corrected chi connectivity index (χ0v) is 7.51. The van der Waals surface area contributed by atoms with Crippen LogP contribution in [0.4, 0.5) is 4.39 Å². The second-order valence-electron chi connectivity index (χ2n) is 2.61. The van der Waals surface area contributed by atoms with Gasteiger partial charge in [-0.3, -0.25) is 4.79 Å². The van der Waals surface area contributed by atoms with Crippen molar-refractivity contribution in [2.45, 2.75) is 12.8 Å². The van der Waals surface area contributed by atoms with Crippen molar-refractivity contribution in [1.82, 2.24) is 0 Å². The molecular formula is C9H8ClFO2. The highest BCUT2D eigenvalue weighted by molar-refractivity contribution is 6.31. The molecule has 70 valence electrons. The van der Waals surface area contributed by atoms with Crippen LogP contribution in [0, 0.1) is 5.82 Å². The van der Waals surface area contributed by atoms with Crippen LogP contribution >= 0.6 is 11.6 Å². The smallest absolute Gasteiger partial charge is 0.303 e. The SMILES string of the molecule is O=C(O)CCc1cccc(F)c1Cl. The van der Waals surface area contributed by atoms with E-state index in [0.717, 1.165) is 0 Å². The van der Waals surface area contributed by atoms with Crippen molar-refractivity contribution in [3.8, 4) is 0 Å². The number of halogens is 2. The van der Waals surface area contributed by atoms with Gasteiger partial charge in [-0.2, -0.15) is 0 Å². The first kappa shape index (κ1) is 9.99. The first-order chi connectivity index (χ1) is 6.11. The van der Waals surface area contributed by atoms with Gasteiger partial charge in [-0.1, -0.05) is 23.7 Å². The van der Waals surface area contributed by atoms with E-state index in [1.807, 2.05) is 0 Å². The average Bonchev–Trinajstić information content (AvgIpc) is 2.07. The molecule has 1 aromatic carbocycles. The maximum Gasteiger partial charge on any atom is 0.303 e. The Bertz CT molecular complexity index is 325. The Hall–Kier alpha value is -1.09. The second kappa shape index (κ2) is 4.23. The third-order valence-electron chi connectivity index (χ3n) is 1.64. The molecule has 13 heavy (non-hydrogen) atoms. The summed E-state index contributed by atoms with van der Waals surface area (Å²) in [6, 6.07) is 4.37. The number of rotatable bonds is 3. The molecule has 0 bridgehead atoms. The van der Waals surface area contributed by atoms with Gasteiger partial charge in [0.05, 0.1) is 5.02 Å². The Morgan fingerprint density at radius 3 is 2.85 bits per heavy atom. The average molecular weight is 203 g/mol. The number of aliphatic carboxylic acids is 1. The molecular weight excluding hydrogens is 195 g/mol. The number of carbonyl (C=O) groups is 1. The van der Waals surface area contributed by atoms with E-state index in [1.165, 1.54) is 12.1 Å². The zero-order chi connectivity index (χ0) is 9.84. The van der Waals surface area contributed by atoms with Crippen LogP contribution < -0.4 is 0 Å². The predicted octanol–water partition coefficient (Wildman–Crippen LogP) is 2.50. The van der Waals surface area contributed by atoms with E-state index in [2.05, 4.69) is 0 Å². The van der Waals surface area contributed by atoms with Gasteiger partial charge in [-0.05, 0) is 18.1 Å². The van der Waals surface area contributed by atoms with Crippen LogP contribution in [0.25, 0.3) is 0 Å². The Morgan fingerprint density at radius 2 is 2.23 bits per heavy atom. The van der Waals surface area contributed by atoms with E-state index >= 15 is 0 Å². The van der Waals surface area contributed by atoms with Gasteiger partial charge in [0.25, 0.3) is 0 Å². The summed E-state index contributed by atoms with van der Waals surface area (Å²) in [5.74, 6) is -1.43. The standard InChI is InChI=1S/C9H8ClFO2/c10-9-6(4-5-8(12)13)2-1-3-7(9)11/h1-3H,4-5H2,(H,12,13). The molecule has 0 radical (unpaired) electrons. The summed E-state index contributed by atoms with van der Waals surface area (Å²) >= 11 is 5.61. The summed E-state index contributed by atoms with van der Waals surface area (Å²) in [4.78, 5) is 10.2. The highest BCUT2D eigenvalue weighted by Gasteiger charge is 2.06. The first-order valence-electron chi connectivity index (χ1n) is 3.76. The lowest BCUT2D eigenvalue weighted by molar-refractivity contribution is -0.136. The van der Waals surface area contributed by atoms with Gasteiger partial charge in [-0.25, -0.2) is 4.39 Å². The fraction of sp³-hybridized carbons (Fsp3) is 0.222. The molecule has 0 atom stereocenters. The molecule has 1 aromatic rings. The van der Waals surface area contributed by atoms with E-state index in [4.69, 9.17) is 16.7 Å². The lowest BCUT2D eigenvalue weighted by Crippen LogP contribution is -1.98. The zero-order valence-electron chi connectivity index (χ0n) is 6.76. The Kier molecular flexibility index (Phi) is 3.25. The minimum atomic E-state index is -0.916. The summed E-state index contributed by atoms with van der Waals surface area (Å²) in [5.41, 5.74) is 0.532. The molecule has 0 aliphatic heterocycles. The molecule has 1 N–H and O–H groups in total. The van der Waals surface area contributed by atoms with E-state index in [1.54, 1.807) is 6.07 Å². The maximum absolute atomic E-state index is 12.8. The molecule has 0 aliphatic carbocycles. The van der Waals surface area contributed by atoms with Crippen LogP contribution in [-0.4, -0.2) is 11.1 Å². The van der Waals surface area contributed by atoms with E-state index in [-0.39, 0.29) is 17.9 Å². The van der Waals surface area contributed by atoms with Gasteiger partial charge < -0.3 is 5.11 Å². The normalized spacial score (nSPS) is 10.0. The highest BCUT2D eigenvalue weighted by Crippen LogP contribution is 2.20. The molecule has 0 saturated carbocycles.